The predicted molar refractivity (Wildman–Crippen MR) is 57.0 cm³/mol. The van der Waals surface area contributed by atoms with Crippen molar-refractivity contribution in [3.05, 3.63) is 11.6 Å². The van der Waals surface area contributed by atoms with Gasteiger partial charge < -0.3 is 0 Å². The van der Waals surface area contributed by atoms with Crippen molar-refractivity contribution in [3.63, 3.8) is 0 Å². The average molecular weight is 262 g/mol. The molecule has 6 heteroatoms. The van der Waals surface area contributed by atoms with E-state index in [4.69, 9.17) is 0 Å². The summed E-state index contributed by atoms with van der Waals surface area (Å²) >= 11 is 1.58. The zero-order chi connectivity index (χ0) is 12.8. The van der Waals surface area contributed by atoms with Gasteiger partial charge in [-0.25, -0.2) is 0 Å². The second kappa shape index (κ2) is 6.47. The van der Waals surface area contributed by atoms with Crippen LogP contribution in [0.4, 0.5) is 22.0 Å². The zero-order valence-electron chi connectivity index (χ0n) is 9.20. The number of hydrogen-bond acceptors (Lipinski definition) is 1. The molecule has 0 radical (unpaired) electrons. The molecule has 0 aromatic rings. The molecule has 0 N–H and O–H groups in total. The average Bonchev–Trinajstić information content (AvgIpc) is 2.11. The summed E-state index contributed by atoms with van der Waals surface area (Å²) in [6, 6.07) is 0. The van der Waals surface area contributed by atoms with Crippen LogP contribution in [0.5, 0.6) is 0 Å². The van der Waals surface area contributed by atoms with E-state index < -0.39 is 18.5 Å². The van der Waals surface area contributed by atoms with E-state index in [0.29, 0.717) is 0 Å². The number of thioether (sulfide) groups is 1. The minimum atomic E-state index is -5.43. The van der Waals surface area contributed by atoms with Crippen LogP contribution in [0.3, 0.4) is 0 Å². The fourth-order valence-corrected chi connectivity index (χ4v) is 1.67. The van der Waals surface area contributed by atoms with Crippen molar-refractivity contribution in [2.75, 3.05) is 12.0 Å². The molecule has 0 atom stereocenters. The standard InChI is InChI=1S/C10H15F5S/c1-8(7-16-2)5-3-4-6-9(11,12)10(13,14)15/h5H,3-4,6-7H2,1-2H3/b8-5-. The first-order chi connectivity index (χ1) is 7.20. The van der Waals surface area contributed by atoms with Crippen LogP contribution < -0.4 is 0 Å². The Labute approximate surface area is 96.3 Å². The molecule has 96 valence electrons. The highest BCUT2D eigenvalue weighted by Crippen LogP contribution is 2.39. The Morgan fingerprint density at radius 3 is 2.19 bits per heavy atom. The second-order valence-corrected chi connectivity index (χ2v) is 4.44. The molecule has 0 fully saturated rings. The molecule has 0 aliphatic rings. The van der Waals surface area contributed by atoms with Gasteiger partial charge in [0.15, 0.2) is 0 Å². The molecule has 0 saturated carbocycles. The Balaban J connectivity index is 3.95. The molecule has 0 unspecified atom stereocenters. The van der Waals surface area contributed by atoms with E-state index in [2.05, 4.69) is 0 Å². The summed E-state index contributed by atoms with van der Waals surface area (Å²) in [7, 11) is 0. The molecule has 0 aromatic carbocycles. The number of rotatable bonds is 6. The van der Waals surface area contributed by atoms with Crippen molar-refractivity contribution < 1.29 is 22.0 Å². The maximum absolute atomic E-state index is 12.5. The van der Waals surface area contributed by atoms with Gasteiger partial charge in [-0.15, -0.1) is 0 Å². The largest absolute Gasteiger partial charge is 0.453 e. The molecule has 0 aliphatic heterocycles. The molecule has 0 aromatic heterocycles. The Hall–Kier alpha value is -0.260. The summed E-state index contributed by atoms with van der Waals surface area (Å²) in [5.41, 5.74) is 1.00. The normalized spacial score (nSPS) is 14.3. The maximum Gasteiger partial charge on any atom is 0.453 e. The van der Waals surface area contributed by atoms with Gasteiger partial charge >= 0.3 is 12.1 Å². The van der Waals surface area contributed by atoms with Gasteiger partial charge in [0.2, 0.25) is 0 Å². The van der Waals surface area contributed by atoms with Gasteiger partial charge in [0.1, 0.15) is 0 Å². The van der Waals surface area contributed by atoms with Gasteiger partial charge in [-0.1, -0.05) is 11.6 Å². The van der Waals surface area contributed by atoms with Crippen molar-refractivity contribution in [1.82, 2.24) is 0 Å². The summed E-state index contributed by atoms with van der Waals surface area (Å²) in [5.74, 6) is -3.79. The third-order valence-electron chi connectivity index (χ3n) is 1.97. The van der Waals surface area contributed by atoms with E-state index in [1.807, 2.05) is 13.2 Å². The highest BCUT2D eigenvalue weighted by molar-refractivity contribution is 7.98. The van der Waals surface area contributed by atoms with Crippen LogP contribution in [0.15, 0.2) is 11.6 Å². The van der Waals surface area contributed by atoms with Crippen LogP contribution in [0.2, 0.25) is 0 Å². The predicted octanol–water partition coefficient (Wildman–Crippen LogP) is 4.66. The van der Waals surface area contributed by atoms with Crippen molar-refractivity contribution in [3.8, 4) is 0 Å². The van der Waals surface area contributed by atoms with E-state index in [9.17, 15) is 22.0 Å². The number of hydrogen-bond donors (Lipinski definition) is 0. The van der Waals surface area contributed by atoms with Gasteiger partial charge in [-0.05, 0) is 26.0 Å². The fraction of sp³-hybridized carbons (Fsp3) is 0.800. The first-order valence-electron chi connectivity index (χ1n) is 4.80. The van der Waals surface area contributed by atoms with Crippen molar-refractivity contribution in [2.45, 2.75) is 38.3 Å². The first kappa shape index (κ1) is 15.7. The Bertz CT molecular complexity index is 232. The lowest BCUT2D eigenvalue weighted by molar-refractivity contribution is -0.284. The van der Waals surface area contributed by atoms with Crippen molar-refractivity contribution in [1.29, 1.82) is 0 Å². The highest BCUT2D eigenvalue weighted by Gasteiger charge is 2.56. The molecule has 0 spiro atoms. The van der Waals surface area contributed by atoms with E-state index >= 15 is 0 Å². The quantitative estimate of drug-likeness (QED) is 0.381. The number of unbranched alkanes of at least 4 members (excludes halogenated alkanes) is 1. The number of alkyl halides is 5. The molecule has 0 heterocycles. The minimum Gasteiger partial charge on any atom is -0.196 e. The highest BCUT2D eigenvalue weighted by atomic mass is 32.2. The Morgan fingerprint density at radius 1 is 1.19 bits per heavy atom. The summed E-state index contributed by atoms with van der Waals surface area (Å²) in [4.78, 5) is 0. The summed E-state index contributed by atoms with van der Waals surface area (Å²) in [6.07, 6.45) is -2.85. The molecular formula is C10H15F5S. The molecule has 0 rings (SSSR count). The van der Waals surface area contributed by atoms with Gasteiger partial charge in [-0.3, -0.25) is 0 Å². The third kappa shape index (κ3) is 5.72. The number of allylic oxidation sites excluding steroid dienone is 1. The summed E-state index contributed by atoms with van der Waals surface area (Å²) < 4.78 is 60.2. The van der Waals surface area contributed by atoms with E-state index in [0.717, 1.165) is 11.3 Å². The summed E-state index contributed by atoms with van der Waals surface area (Å²) in [6.45, 7) is 1.83. The smallest absolute Gasteiger partial charge is 0.196 e. The monoisotopic (exact) mass is 262 g/mol. The maximum atomic E-state index is 12.5. The number of halogens is 5. The van der Waals surface area contributed by atoms with Crippen LogP contribution in [0.25, 0.3) is 0 Å². The molecule has 0 amide bonds. The van der Waals surface area contributed by atoms with E-state index in [1.54, 1.807) is 17.8 Å². The molecule has 0 saturated heterocycles. The topological polar surface area (TPSA) is 0 Å². The lowest BCUT2D eigenvalue weighted by Gasteiger charge is -2.18. The van der Waals surface area contributed by atoms with Crippen LogP contribution in [0.1, 0.15) is 26.2 Å². The van der Waals surface area contributed by atoms with Crippen LogP contribution in [-0.2, 0) is 0 Å². The van der Waals surface area contributed by atoms with Crippen molar-refractivity contribution in [2.24, 2.45) is 0 Å². The van der Waals surface area contributed by atoms with Gasteiger partial charge in [-0.2, -0.15) is 33.7 Å². The molecular weight excluding hydrogens is 247 g/mol. The lowest BCUT2D eigenvalue weighted by atomic mass is 10.1. The van der Waals surface area contributed by atoms with Gasteiger partial charge in [0.25, 0.3) is 0 Å². The first-order valence-corrected chi connectivity index (χ1v) is 6.19. The zero-order valence-corrected chi connectivity index (χ0v) is 10.0. The van der Waals surface area contributed by atoms with Crippen LogP contribution in [-0.4, -0.2) is 24.1 Å². The van der Waals surface area contributed by atoms with Crippen molar-refractivity contribution >= 4 is 11.8 Å². The van der Waals surface area contributed by atoms with E-state index in [1.165, 1.54) is 0 Å². The summed E-state index contributed by atoms with van der Waals surface area (Å²) in [5, 5.41) is 0. The van der Waals surface area contributed by atoms with E-state index in [-0.39, 0.29) is 12.8 Å². The SMILES string of the molecule is CSC/C(C)=C\CCCC(F)(F)C(F)(F)F. The Morgan fingerprint density at radius 2 is 1.75 bits per heavy atom. The lowest BCUT2D eigenvalue weighted by Crippen LogP contribution is -2.36. The molecule has 16 heavy (non-hydrogen) atoms. The molecule has 0 bridgehead atoms. The Kier molecular flexibility index (Phi) is 6.36. The minimum absolute atomic E-state index is 0.155. The van der Waals surface area contributed by atoms with Crippen LogP contribution >= 0.6 is 11.8 Å². The van der Waals surface area contributed by atoms with Gasteiger partial charge in [0, 0.05) is 12.2 Å². The fourth-order valence-electron chi connectivity index (χ4n) is 1.10. The second-order valence-electron chi connectivity index (χ2n) is 3.58. The van der Waals surface area contributed by atoms with Crippen LogP contribution in [0, 0.1) is 0 Å². The third-order valence-corrected chi connectivity index (χ3v) is 2.72. The van der Waals surface area contributed by atoms with Gasteiger partial charge in [0.05, 0.1) is 0 Å². The molecule has 0 nitrogen and oxygen atoms in total. The molecule has 0 aliphatic carbocycles.